The third kappa shape index (κ3) is 2.86. The molecular formula is C13H20BrClN2O. The van der Waals surface area contributed by atoms with E-state index < -0.39 is 5.60 Å². The van der Waals surface area contributed by atoms with E-state index in [1.165, 1.54) is 0 Å². The van der Waals surface area contributed by atoms with Crippen LogP contribution in [0.25, 0.3) is 0 Å². The van der Waals surface area contributed by atoms with Crippen LogP contribution in [0, 0.1) is 0 Å². The Morgan fingerprint density at radius 3 is 2.22 bits per heavy atom. The first-order valence-corrected chi connectivity index (χ1v) is 7.37. The van der Waals surface area contributed by atoms with Crippen LogP contribution < -0.4 is 0 Å². The van der Waals surface area contributed by atoms with Crippen LogP contribution in [0.4, 0.5) is 0 Å². The maximum atomic E-state index is 6.19. The maximum Gasteiger partial charge on any atom is 0.162 e. The zero-order chi connectivity index (χ0) is 13.9. The predicted molar refractivity (Wildman–Crippen MR) is 78.1 cm³/mol. The molecule has 102 valence electrons. The Bertz CT molecular complexity index is 411. The van der Waals surface area contributed by atoms with Crippen LogP contribution in [-0.2, 0) is 10.3 Å². The van der Waals surface area contributed by atoms with Crippen LogP contribution >= 0.6 is 27.5 Å². The highest BCUT2D eigenvalue weighted by atomic mass is 79.9. The van der Waals surface area contributed by atoms with Gasteiger partial charge in [-0.3, -0.25) is 0 Å². The van der Waals surface area contributed by atoms with E-state index in [-0.39, 0.29) is 5.92 Å². The van der Waals surface area contributed by atoms with Crippen molar-refractivity contribution in [2.45, 2.75) is 52.1 Å². The molecule has 1 aromatic rings. The molecule has 0 N–H and O–H groups in total. The molecule has 0 unspecified atom stereocenters. The molecule has 0 aromatic carbocycles. The Balaban J connectivity index is 3.42. The molecule has 1 rings (SSSR count). The third-order valence-corrected chi connectivity index (χ3v) is 4.61. The highest BCUT2D eigenvalue weighted by Gasteiger charge is 2.33. The van der Waals surface area contributed by atoms with Crippen LogP contribution in [0.15, 0.2) is 4.47 Å². The zero-order valence-corrected chi connectivity index (χ0v) is 13.9. The first-order valence-electron chi connectivity index (χ1n) is 6.20. The largest absolute Gasteiger partial charge is 0.370 e. The Morgan fingerprint density at radius 2 is 1.83 bits per heavy atom. The van der Waals surface area contributed by atoms with E-state index in [0.29, 0.717) is 11.0 Å². The van der Waals surface area contributed by atoms with E-state index in [4.69, 9.17) is 16.3 Å². The van der Waals surface area contributed by atoms with Crippen LogP contribution in [0.5, 0.6) is 0 Å². The van der Waals surface area contributed by atoms with Crippen molar-refractivity contribution in [1.29, 1.82) is 0 Å². The summed E-state index contributed by atoms with van der Waals surface area (Å²) in [4.78, 5) is 9.03. The summed E-state index contributed by atoms with van der Waals surface area (Å²) >= 11 is 9.64. The first kappa shape index (κ1) is 15.9. The van der Waals surface area contributed by atoms with Gasteiger partial charge in [0.15, 0.2) is 5.82 Å². The van der Waals surface area contributed by atoms with E-state index in [2.05, 4.69) is 53.6 Å². The highest BCUT2D eigenvalue weighted by Crippen LogP contribution is 2.35. The minimum absolute atomic E-state index is 0.280. The lowest BCUT2D eigenvalue weighted by molar-refractivity contribution is -0.0293. The number of ether oxygens (including phenoxy) is 1. The molecule has 1 aromatic heterocycles. The quantitative estimate of drug-likeness (QED) is 0.733. The lowest BCUT2D eigenvalue weighted by atomic mass is 9.95. The van der Waals surface area contributed by atoms with Gasteiger partial charge >= 0.3 is 0 Å². The normalized spacial score (nSPS) is 12.2. The second-order valence-corrected chi connectivity index (χ2v) is 5.75. The molecular weight excluding hydrogens is 316 g/mol. The van der Waals surface area contributed by atoms with E-state index in [9.17, 15) is 0 Å². The first-order chi connectivity index (χ1) is 8.41. The maximum absolute atomic E-state index is 6.19. The van der Waals surface area contributed by atoms with Crippen LogP contribution in [-0.4, -0.2) is 17.1 Å². The number of methoxy groups -OCH3 is 1. The molecule has 0 aliphatic heterocycles. The number of aromatic nitrogens is 2. The third-order valence-electron chi connectivity index (χ3n) is 3.32. The van der Waals surface area contributed by atoms with Crippen molar-refractivity contribution in [2.75, 3.05) is 7.11 Å². The zero-order valence-electron chi connectivity index (χ0n) is 11.6. The van der Waals surface area contributed by atoms with Crippen LogP contribution in [0.2, 0.25) is 5.15 Å². The van der Waals surface area contributed by atoms with Gasteiger partial charge in [0, 0.05) is 7.11 Å². The lowest BCUT2D eigenvalue weighted by Crippen LogP contribution is -2.30. The summed E-state index contributed by atoms with van der Waals surface area (Å²) < 4.78 is 6.43. The Morgan fingerprint density at radius 1 is 1.28 bits per heavy atom. The summed E-state index contributed by atoms with van der Waals surface area (Å²) in [5.74, 6) is 0.953. The standard InChI is InChI=1S/C13H20BrClN2O/c1-6-13(7-2,18-5)12-16-10(8(3)4)9(14)11(15)17-12/h8H,6-7H2,1-5H3. The van der Waals surface area contributed by atoms with Crippen molar-refractivity contribution < 1.29 is 4.74 Å². The summed E-state index contributed by atoms with van der Waals surface area (Å²) in [5.41, 5.74) is 0.474. The monoisotopic (exact) mass is 334 g/mol. The van der Waals surface area contributed by atoms with E-state index in [0.717, 1.165) is 23.0 Å². The molecule has 0 aliphatic rings. The lowest BCUT2D eigenvalue weighted by Gasteiger charge is -2.29. The minimum atomic E-state index is -0.450. The molecule has 0 aliphatic carbocycles. The molecule has 0 saturated heterocycles. The molecule has 0 atom stereocenters. The van der Waals surface area contributed by atoms with Gasteiger partial charge in [-0.05, 0) is 34.7 Å². The van der Waals surface area contributed by atoms with Gasteiger partial charge in [0.05, 0.1) is 10.2 Å². The van der Waals surface area contributed by atoms with E-state index in [1.54, 1.807) is 7.11 Å². The SMILES string of the molecule is CCC(CC)(OC)c1nc(Cl)c(Br)c(C(C)C)n1. The van der Waals surface area contributed by atoms with Crippen molar-refractivity contribution in [3.05, 3.63) is 21.1 Å². The number of hydrogen-bond donors (Lipinski definition) is 0. The summed E-state index contributed by atoms with van der Waals surface area (Å²) in [6.45, 7) is 8.31. The molecule has 0 saturated carbocycles. The van der Waals surface area contributed by atoms with Crippen LogP contribution in [0.3, 0.4) is 0 Å². The molecule has 0 fully saturated rings. The Labute approximate surface area is 122 Å². The van der Waals surface area contributed by atoms with Gasteiger partial charge in [0.1, 0.15) is 10.8 Å². The topological polar surface area (TPSA) is 35.0 Å². The van der Waals surface area contributed by atoms with Crippen LogP contribution in [0.1, 0.15) is 58.0 Å². The molecule has 0 radical (unpaired) electrons. The summed E-state index contributed by atoms with van der Waals surface area (Å²) in [6.07, 6.45) is 1.63. The molecule has 3 nitrogen and oxygen atoms in total. The number of nitrogens with zero attached hydrogens (tertiary/aromatic N) is 2. The Kier molecular flexibility index (Phi) is 5.56. The summed E-state index contributed by atoms with van der Waals surface area (Å²) in [6, 6.07) is 0. The fraction of sp³-hybridized carbons (Fsp3) is 0.692. The molecule has 0 bridgehead atoms. The van der Waals surface area contributed by atoms with Gasteiger partial charge in [0.25, 0.3) is 0 Å². The van der Waals surface area contributed by atoms with E-state index in [1.807, 2.05) is 0 Å². The average Bonchev–Trinajstić information content (AvgIpc) is 2.35. The van der Waals surface area contributed by atoms with Crippen molar-refractivity contribution in [2.24, 2.45) is 0 Å². The fourth-order valence-electron chi connectivity index (χ4n) is 1.97. The van der Waals surface area contributed by atoms with Crippen molar-refractivity contribution in [3.8, 4) is 0 Å². The van der Waals surface area contributed by atoms with Crippen molar-refractivity contribution >= 4 is 27.5 Å². The van der Waals surface area contributed by atoms with E-state index >= 15 is 0 Å². The Hall–Kier alpha value is -0.190. The molecule has 1 heterocycles. The highest BCUT2D eigenvalue weighted by molar-refractivity contribution is 9.10. The van der Waals surface area contributed by atoms with Gasteiger partial charge in [-0.15, -0.1) is 0 Å². The summed E-state index contributed by atoms with van der Waals surface area (Å²) in [7, 11) is 1.70. The number of rotatable bonds is 5. The predicted octanol–water partition coefficient (Wildman–Crippen LogP) is 4.68. The smallest absolute Gasteiger partial charge is 0.162 e. The second kappa shape index (κ2) is 6.31. The minimum Gasteiger partial charge on any atom is -0.370 e. The number of halogens is 2. The molecule has 0 spiro atoms. The second-order valence-electron chi connectivity index (χ2n) is 4.60. The fourth-order valence-corrected chi connectivity index (χ4v) is 2.78. The van der Waals surface area contributed by atoms with Gasteiger partial charge in [-0.2, -0.15) is 0 Å². The van der Waals surface area contributed by atoms with Crippen molar-refractivity contribution in [1.82, 2.24) is 9.97 Å². The van der Waals surface area contributed by atoms with Gasteiger partial charge in [-0.1, -0.05) is 39.3 Å². The summed E-state index contributed by atoms with van der Waals surface area (Å²) in [5, 5.41) is 0.451. The van der Waals surface area contributed by atoms with Crippen molar-refractivity contribution in [3.63, 3.8) is 0 Å². The molecule has 0 amide bonds. The average molecular weight is 336 g/mol. The van der Waals surface area contributed by atoms with Gasteiger partial charge < -0.3 is 4.74 Å². The number of hydrogen-bond acceptors (Lipinski definition) is 3. The van der Waals surface area contributed by atoms with Gasteiger partial charge in [-0.25, -0.2) is 9.97 Å². The van der Waals surface area contributed by atoms with Gasteiger partial charge in [0.2, 0.25) is 0 Å². The molecule has 18 heavy (non-hydrogen) atoms. The molecule has 5 heteroatoms.